The smallest absolute Gasteiger partial charge is 0.338 e. The standard InChI is InChI=1S/C21H21ClFN3O3/c1-13-14(11-23)3-2-4-15(13)12-26-18-10-16(25-5-7-29-8-6-25)9-17(20(27)28)19(18)24-21(26)22/h2-4,9-10H,5-8,11-12H2,1H3,(H,27,28). The van der Waals surface area contributed by atoms with Crippen LogP contribution in [0.15, 0.2) is 30.3 Å². The Kier molecular flexibility index (Phi) is 5.43. The molecule has 1 aromatic heterocycles. The second-order valence-electron chi connectivity index (χ2n) is 7.07. The Bertz CT molecular complexity index is 1080. The van der Waals surface area contributed by atoms with Crippen LogP contribution in [0, 0.1) is 6.92 Å². The largest absolute Gasteiger partial charge is 0.478 e. The van der Waals surface area contributed by atoms with Crippen LogP contribution >= 0.6 is 11.6 Å². The molecule has 2 aromatic carbocycles. The Morgan fingerprint density at radius 2 is 2.00 bits per heavy atom. The summed E-state index contributed by atoms with van der Waals surface area (Å²) in [6.07, 6.45) is 0. The molecular weight excluding hydrogens is 397 g/mol. The van der Waals surface area contributed by atoms with Gasteiger partial charge in [-0.3, -0.25) is 0 Å². The van der Waals surface area contributed by atoms with E-state index < -0.39 is 12.6 Å². The molecular formula is C21H21ClFN3O3. The van der Waals surface area contributed by atoms with Crippen LogP contribution in [0.3, 0.4) is 0 Å². The highest BCUT2D eigenvalue weighted by Crippen LogP contribution is 2.30. The number of imidazole rings is 1. The number of anilines is 1. The molecule has 1 fully saturated rings. The number of aromatic nitrogens is 2. The first-order valence-corrected chi connectivity index (χ1v) is 9.76. The lowest BCUT2D eigenvalue weighted by Crippen LogP contribution is -2.36. The Labute approximate surface area is 172 Å². The molecule has 0 atom stereocenters. The quantitative estimate of drug-likeness (QED) is 0.678. The van der Waals surface area contributed by atoms with E-state index in [0.29, 0.717) is 49.4 Å². The minimum atomic E-state index is -1.05. The monoisotopic (exact) mass is 417 g/mol. The Morgan fingerprint density at radius 1 is 1.28 bits per heavy atom. The molecule has 0 aliphatic carbocycles. The number of hydrogen-bond donors (Lipinski definition) is 1. The molecule has 4 rings (SSSR count). The molecule has 1 N–H and O–H groups in total. The van der Waals surface area contributed by atoms with E-state index in [1.807, 2.05) is 25.1 Å². The summed E-state index contributed by atoms with van der Waals surface area (Å²) in [6.45, 7) is 4.27. The number of hydrogen-bond acceptors (Lipinski definition) is 4. The SMILES string of the molecule is Cc1c(CF)cccc1Cn1c(Cl)nc2c(C(=O)O)cc(N3CCOCC3)cc21. The fourth-order valence-corrected chi connectivity index (χ4v) is 3.96. The number of benzene rings is 2. The van der Waals surface area contributed by atoms with Gasteiger partial charge in [-0.2, -0.15) is 0 Å². The van der Waals surface area contributed by atoms with Crippen molar-refractivity contribution < 1.29 is 19.0 Å². The maximum absolute atomic E-state index is 13.3. The summed E-state index contributed by atoms with van der Waals surface area (Å²) in [7, 11) is 0. The van der Waals surface area contributed by atoms with E-state index in [9.17, 15) is 14.3 Å². The molecule has 6 nitrogen and oxygen atoms in total. The van der Waals surface area contributed by atoms with Gasteiger partial charge in [0.2, 0.25) is 5.28 Å². The van der Waals surface area contributed by atoms with E-state index in [0.717, 1.165) is 16.8 Å². The average molecular weight is 418 g/mol. The summed E-state index contributed by atoms with van der Waals surface area (Å²) in [6, 6.07) is 9.04. The minimum Gasteiger partial charge on any atom is -0.478 e. The van der Waals surface area contributed by atoms with E-state index in [2.05, 4.69) is 9.88 Å². The highest BCUT2D eigenvalue weighted by molar-refractivity contribution is 6.29. The van der Waals surface area contributed by atoms with Crippen LogP contribution in [-0.2, 0) is 18.0 Å². The lowest BCUT2D eigenvalue weighted by molar-refractivity contribution is 0.0699. The molecule has 2 heterocycles. The fourth-order valence-electron chi connectivity index (χ4n) is 3.72. The molecule has 0 bridgehead atoms. The zero-order valence-electron chi connectivity index (χ0n) is 16.0. The van der Waals surface area contributed by atoms with Gasteiger partial charge in [0.05, 0.1) is 30.8 Å². The number of halogens is 2. The number of alkyl halides is 1. The number of rotatable bonds is 5. The van der Waals surface area contributed by atoms with Gasteiger partial charge in [0.25, 0.3) is 0 Å². The van der Waals surface area contributed by atoms with Gasteiger partial charge in [-0.05, 0) is 47.3 Å². The van der Waals surface area contributed by atoms with Crippen LogP contribution in [-0.4, -0.2) is 46.9 Å². The van der Waals surface area contributed by atoms with Crippen LogP contribution in [0.4, 0.5) is 10.1 Å². The van der Waals surface area contributed by atoms with Crippen molar-refractivity contribution in [1.29, 1.82) is 0 Å². The number of morpholine rings is 1. The first-order valence-electron chi connectivity index (χ1n) is 9.38. The lowest BCUT2D eigenvalue weighted by atomic mass is 10.0. The third-order valence-electron chi connectivity index (χ3n) is 5.43. The Balaban J connectivity index is 1.85. The molecule has 0 saturated carbocycles. The highest BCUT2D eigenvalue weighted by Gasteiger charge is 2.21. The van der Waals surface area contributed by atoms with Crippen molar-refractivity contribution in [2.45, 2.75) is 20.1 Å². The topological polar surface area (TPSA) is 67.6 Å². The molecule has 0 unspecified atom stereocenters. The molecule has 152 valence electrons. The number of fused-ring (bicyclic) bond motifs is 1. The van der Waals surface area contributed by atoms with Gasteiger partial charge in [0, 0.05) is 18.8 Å². The third-order valence-corrected chi connectivity index (χ3v) is 5.72. The van der Waals surface area contributed by atoms with Gasteiger partial charge in [0.15, 0.2) is 0 Å². The van der Waals surface area contributed by atoms with Crippen molar-refractivity contribution in [3.8, 4) is 0 Å². The second kappa shape index (κ2) is 8.00. The summed E-state index contributed by atoms with van der Waals surface area (Å²) in [5.41, 5.74) is 4.29. The van der Waals surface area contributed by atoms with Crippen LogP contribution in [0.1, 0.15) is 27.0 Å². The van der Waals surface area contributed by atoms with Crippen molar-refractivity contribution in [2.75, 3.05) is 31.2 Å². The zero-order chi connectivity index (χ0) is 20.5. The van der Waals surface area contributed by atoms with Crippen LogP contribution in [0.2, 0.25) is 5.28 Å². The van der Waals surface area contributed by atoms with Gasteiger partial charge in [-0.1, -0.05) is 18.2 Å². The van der Waals surface area contributed by atoms with Gasteiger partial charge >= 0.3 is 5.97 Å². The van der Waals surface area contributed by atoms with Crippen molar-refractivity contribution in [3.63, 3.8) is 0 Å². The summed E-state index contributed by atoms with van der Waals surface area (Å²) in [5.74, 6) is -1.05. The van der Waals surface area contributed by atoms with Crippen LogP contribution in [0.5, 0.6) is 0 Å². The van der Waals surface area contributed by atoms with Crippen molar-refractivity contribution in [3.05, 3.63) is 57.9 Å². The minimum absolute atomic E-state index is 0.110. The molecule has 0 spiro atoms. The molecule has 0 radical (unpaired) electrons. The number of carboxylic acids is 1. The van der Waals surface area contributed by atoms with E-state index in [1.54, 1.807) is 16.7 Å². The number of carbonyl (C=O) groups is 1. The van der Waals surface area contributed by atoms with Crippen molar-refractivity contribution in [2.24, 2.45) is 0 Å². The van der Waals surface area contributed by atoms with E-state index in [-0.39, 0.29) is 10.8 Å². The number of ether oxygens (including phenoxy) is 1. The maximum Gasteiger partial charge on any atom is 0.338 e. The average Bonchev–Trinajstić information content (AvgIpc) is 3.04. The zero-order valence-corrected chi connectivity index (χ0v) is 16.7. The number of nitrogens with zero attached hydrogens (tertiary/aromatic N) is 3. The first kappa shape index (κ1) is 19.7. The van der Waals surface area contributed by atoms with Crippen molar-refractivity contribution >= 4 is 34.3 Å². The molecule has 0 amide bonds. The molecule has 29 heavy (non-hydrogen) atoms. The summed E-state index contributed by atoms with van der Waals surface area (Å²) in [5, 5.41) is 9.93. The van der Waals surface area contributed by atoms with Crippen molar-refractivity contribution in [1.82, 2.24) is 9.55 Å². The molecule has 1 saturated heterocycles. The summed E-state index contributed by atoms with van der Waals surface area (Å²) >= 11 is 6.41. The predicted molar refractivity (Wildman–Crippen MR) is 110 cm³/mol. The molecule has 8 heteroatoms. The molecule has 1 aliphatic rings. The van der Waals surface area contributed by atoms with Gasteiger partial charge in [-0.15, -0.1) is 0 Å². The molecule has 3 aromatic rings. The van der Waals surface area contributed by atoms with Crippen LogP contribution < -0.4 is 4.90 Å². The summed E-state index contributed by atoms with van der Waals surface area (Å²) < 4.78 is 20.4. The maximum atomic E-state index is 13.3. The normalized spacial score (nSPS) is 14.5. The number of carboxylic acid groups (broad SMARTS) is 1. The van der Waals surface area contributed by atoms with E-state index >= 15 is 0 Å². The predicted octanol–water partition coefficient (Wildman–Crippen LogP) is 4.05. The highest BCUT2D eigenvalue weighted by atomic mass is 35.5. The van der Waals surface area contributed by atoms with Crippen LogP contribution in [0.25, 0.3) is 11.0 Å². The van der Waals surface area contributed by atoms with Gasteiger partial charge < -0.3 is 19.3 Å². The van der Waals surface area contributed by atoms with E-state index in [4.69, 9.17) is 16.3 Å². The molecule has 1 aliphatic heterocycles. The first-order chi connectivity index (χ1) is 14.0. The second-order valence-corrected chi connectivity index (χ2v) is 7.41. The van der Waals surface area contributed by atoms with Gasteiger partial charge in [-0.25, -0.2) is 14.2 Å². The van der Waals surface area contributed by atoms with Gasteiger partial charge in [0.1, 0.15) is 12.2 Å². The Hall–Kier alpha value is -2.64. The van der Waals surface area contributed by atoms with E-state index in [1.165, 1.54) is 0 Å². The Morgan fingerprint density at radius 3 is 2.69 bits per heavy atom. The lowest BCUT2D eigenvalue weighted by Gasteiger charge is -2.29. The summed E-state index contributed by atoms with van der Waals surface area (Å²) in [4.78, 5) is 18.3. The fraction of sp³-hybridized carbons (Fsp3) is 0.333. The third kappa shape index (κ3) is 3.68. The number of aromatic carboxylic acids is 1.